The zero-order chi connectivity index (χ0) is 21.7. The lowest BCUT2D eigenvalue weighted by Gasteiger charge is -2.45. The summed E-state index contributed by atoms with van der Waals surface area (Å²) >= 11 is 1.54. The molecule has 1 aromatic heterocycles. The maximum absolute atomic E-state index is 13.4. The molecule has 2 amide bonds. The number of carbonyl (C=O) groups excluding carboxylic acids is 2. The van der Waals surface area contributed by atoms with Crippen LogP contribution in [0.15, 0.2) is 0 Å². The third-order valence-corrected chi connectivity index (χ3v) is 9.30. The van der Waals surface area contributed by atoms with Gasteiger partial charge in [-0.15, -0.1) is 11.3 Å². The number of hydrogen-bond acceptors (Lipinski definition) is 4. The van der Waals surface area contributed by atoms with E-state index >= 15 is 0 Å². The molecule has 0 aromatic carbocycles. The van der Waals surface area contributed by atoms with E-state index in [0.717, 1.165) is 69.8 Å². The molecule has 0 unspecified atom stereocenters. The summed E-state index contributed by atoms with van der Waals surface area (Å²) in [5, 5.41) is 16.6. The summed E-state index contributed by atoms with van der Waals surface area (Å²) in [6.45, 7) is 2.21. The zero-order valence-corrected chi connectivity index (χ0v) is 18.9. The van der Waals surface area contributed by atoms with Crippen molar-refractivity contribution in [3.8, 4) is 0 Å². The Kier molecular flexibility index (Phi) is 5.57. The van der Waals surface area contributed by atoms with E-state index in [0.29, 0.717) is 16.5 Å². The van der Waals surface area contributed by atoms with Crippen LogP contribution in [0.4, 0.5) is 5.00 Å². The van der Waals surface area contributed by atoms with E-state index in [2.05, 4.69) is 17.6 Å². The lowest BCUT2D eigenvalue weighted by molar-refractivity contribution is -0.156. The molecule has 0 spiro atoms. The molecular formula is C24H32N2O4S. The van der Waals surface area contributed by atoms with E-state index in [1.54, 1.807) is 0 Å². The van der Waals surface area contributed by atoms with E-state index in [-0.39, 0.29) is 29.7 Å². The van der Waals surface area contributed by atoms with Crippen LogP contribution in [0, 0.1) is 29.6 Å². The minimum Gasteiger partial charge on any atom is -0.481 e. The van der Waals surface area contributed by atoms with Gasteiger partial charge in [0, 0.05) is 10.9 Å². The highest BCUT2D eigenvalue weighted by Gasteiger charge is 2.50. The topological polar surface area (TPSA) is 95.5 Å². The maximum Gasteiger partial charge on any atom is 0.307 e. The largest absolute Gasteiger partial charge is 0.481 e. The molecule has 5 aliphatic rings. The normalized spacial score (nSPS) is 31.7. The Balaban J connectivity index is 1.44. The monoisotopic (exact) mass is 444 g/mol. The second kappa shape index (κ2) is 8.23. The first kappa shape index (κ1) is 21.0. The van der Waals surface area contributed by atoms with Gasteiger partial charge in [0.25, 0.3) is 5.91 Å². The molecule has 4 fully saturated rings. The highest BCUT2D eigenvalue weighted by molar-refractivity contribution is 7.17. The second-order valence-electron chi connectivity index (χ2n) is 10.0. The summed E-state index contributed by atoms with van der Waals surface area (Å²) < 4.78 is 0. The Hall–Kier alpha value is -1.89. The third kappa shape index (κ3) is 3.90. The van der Waals surface area contributed by atoms with Gasteiger partial charge in [-0.1, -0.05) is 13.3 Å². The Morgan fingerprint density at radius 2 is 1.68 bits per heavy atom. The quantitative estimate of drug-likeness (QED) is 0.612. The van der Waals surface area contributed by atoms with Crippen molar-refractivity contribution in [2.24, 2.45) is 29.6 Å². The molecule has 3 atom stereocenters. The van der Waals surface area contributed by atoms with Gasteiger partial charge in [-0.3, -0.25) is 14.4 Å². The first-order chi connectivity index (χ1) is 15.0. The molecule has 0 aliphatic heterocycles. The molecule has 6 nitrogen and oxygen atoms in total. The molecule has 0 saturated heterocycles. The van der Waals surface area contributed by atoms with E-state index < -0.39 is 17.8 Å². The molecule has 31 heavy (non-hydrogen) atoms. The van der Waals surface area contributed by atoms with Gasteiger partial charge in [-0.25, -0.2) is 0 Å². The molecule has 4 saturated carbocycles. The molecule has 7 heteroatoms. The summed E-state index contributed by atoms with van der Waals surface area (Å²) in [5.41, 5.74) is 1.74. The summed E-state index contributed by atoms with van der Waals surface area (Å²) in [6.07, 6.45) is 9.74. The van der Waals surface area contributed by atoms with Crippen molar-refractivity contribution in [2.45, 2.75) is 77.2 Å². The highest BCUT2D eigenvalue weighted by atomic mass is 32.1. The number of amides is 2. The van der Waals surface area contributed by atoms with Crippen LogP contribution in [0.3, 0.4) is 0 Å². The standard InChI is InChI=1S/C24H32N2O4S/c1-2-12-3-10-16-17(11-12)31-23(20(16)22(28)25-15-8-9-15)26-21(27)18-13-4-6-14(7-5-13)19(18)24(29)30/h12-15,18-19H,2-11H2,1H3,(H,25,28)(H,26,27)(H,29,30)/t12-,13?,14?,18-,19-/m1/s1. The minimum absolute atomic E-state index is 0.0785. The molecule has 2 bridgehead atoms. The molecule has 6 rings (SSSR count). The van der Waals surface area contributed by atoms with Crippen LogP contribution in [0.2, 0.25) is 0 Å². The van der Waals surface area contributed by atoms with Crippen LogP contribution in [0.25, 0.3) is 0 Å². The van der Waals surface area contributed by atoms with Crippen molar-refractivity contribution >= 4 is 34.1 Å². The van der Waals surface area contributed by atoms with Crippen molar-refractivity contribution in [1.82, 2.24) is 5.32 Å². The van der Waals surface area contributed by atoms with Gasteiger partial charge in [-0.2, -0.15) is 0 Å². The maximum atomic E-state index is 13.4. The fourth-order valence-electron chi connectivity index (χ4n) is 6.19. The van der Waals surface area contributed by atoms with Crippen LogP contribution in [-0.4, -0.2) is 28.9 Å². The van der Waals surface area contributed by atoms with Crippen molar-refractivity contribution in [2.75, 3.05) is 5.32 Å². The lowest BCUT2D eigenvalue weighted by Crippen LogP contribution is -2.49. The number of fused-ring (bicyclic) bond motifs is 4. The fourth-order valence-corrected chi connectivity index (χ4v) is 7.56. The van der Waals surface area contributed by atoms with Crippen LogP contribution in [0.1, 0.15) is 79.1 Å². The average Bonchev–Trinajstić information content (AvgIpc) is 3.51. The van der Waals surface area contributed by atoms with E-state index in [1.807, 2.05) is 0 Å². The first-order valence-electron chi connectivity index (χ1n) is 11.9. The summed E-state index contributed by atoms with van der Waals surface area (Å²) in [7, 11) is 0. The predicted molar refractivity (Wildman–Crippen MR) is 119 cm³/mol. The van der Waals surface area contributed by atoms with Crippen molar-refractivity contribution in [1.29, 1.82) is 0 Å². The van der Waals surface area contributed by atoms with Gasteiger partial charge in [0.1, 0.15) is 5.00 Å². The minimum atomic E-state index is -0.850. The summed E-state index contributed by atoms with van der Waals surface area (Å²) in [4.78, 5) is 39.7. The SMILES string of the molecule is CC[C@@H]1CCc2c(sc(NC(=O)[C@@H]3C4CCC(CC4)[C@H]3C(=O)O)c2C(=O)NC2CC2)C1. The number of thiophene rings is 1. The van der Waals surface area contributed by atoms with E-state index in [1.165, 1.54) is 16.2 Å². The summed E-state index contributed by atoms with van der Waals surface area (Å²) in [5.74, 6) is -1.37. The number of anilines is 1. The van der Waals surface area contributed by atoms with Crippen molar-refractivity contribution in [3.63, 3.8) is 0 Å². The van der Waals surface area contributed by atoms with Crippen LogP contribution in [0.5, 0.6) is 0 Å². The lowest BCUT2D eigenvalue weighted by atomic mass is 9.58. The Labute approximate surface area is 187 Å². The average molecular weight is 445 g/mol. The molecule has 3 N–H and O–H groups in total. The molecule has 0 radical (unpaired) electrons. The van der Waals surface area contributed by atoms with E-state index in [9.17, 15) is 19.5 Å². The Bertz CT molecular complexity index is 898. The molecule has 1 heterocycles. The highest BCUT2D eigenvalue weighted by Crippen LogP contribution is 2.50. The van der Waals surface area contributed by atoms with Crippen LogP contribution >= 0.6 is 11.3 Å². The van der Waals surface area contributed by atoms with Crippen molar-refractivity contribution < 1.29 is 19.5 Å². The van der Waals surface area contributed by atoms with Gasteiger partial charge in [0.2, 0.25) is 5.91 Å². The first-order valence-corrected chi connectivity index (χ1v) is 12.8. The second-order valence-corrected chi connectivity index (χ2v) is 11.1. The number of hydrogen-bond donors (Lipinski definition) is 3. The summed E-state index contributed by atoms with van der Waals surface area (Å²) in [6, 6.07) is 0.254. The zero-order valence-electron chi connectivity index (χ0n) is 18.1. The molecule has 168 valence electrons. The number of rotatable bonds is 6. The molecule has 5 aliphatic carbocycles. The number of carbonyl (C=O) groups is 3. The van der Waals surface area contributed by atoms with Gasteiger partial charge in [0.15, 0.2) is 0 Å². The van der Waals surface area contributed by atoms with Gasteiger partial charge >= 0.3 is 5.97 Å². The van der Waals surface area contributed by atoms with Crippen LogP contribution in [-0.2, 0) is 22.4 Å². The Morgan fingerprint density at radius 3 is 2.29 bits per heavy atom. The Morgan fingerprint density at radius 1 is 1.00 bits per heavy atom. The number of aliphatic carboxylic acids is 1. The van der Waals surface area contributed by atoms with Gasteiger partial charge in [-0.05, 0) is 81.1 Å². The predicted octanol–water partition coefficient (Wildman–Crippen LogP) is 4.23. The number of carboxylic acids is 1. The van der Waals surface area contributed by atoms with Crippen molar-refractivity contribution in [3.05, 3.63) is 16.0 Å². The molecular weight excluding hydrogens is 412 g/mol. The van der Waals surface area contributed by atoms with Gasteiger partial charge in [0.05, 0.1) is 17.4 Å². The van der Waals surface area contributed by atoms with E-state index in [4.69, 9.17) is 0 Å². The van der Waals surface area contributed by atoms with Crippen LogP contribution < -0.4 is 10.6 Å². The smallest absolute Gasteiger partial charge is 0.307 e. The number of carboxylic acid groups (broad SMARTS) is 1. The fraction of sp³-hybridized carbons (Fsp3) is 0.708. The van der Waals surface area contributed by atoms with Gasteiger partial charge < -0.3 is 15.7 Å². The third-order valence-electron chi connectivity index (χ3n) is 8.13. The number of nitrogens with one attached hydrogen (secondary N) is 2. The molecule has 1 aromatic rings.